The fourth-order valence-electron chi connectivity index (χ4n) is 4.40. The average molecular weight is 463 g/mol. The van der Waals surface area contributed by atoms with E-state index in [4.69, 9.17) is 14.2 Å². The van der Waals surface area contributed by atoms with Crippen LogP contribution >= 0.6 is 11.3 Å². The Morgan fingerprint density at radius 3 is 2.78 bits per heavy atom. The molecule has 4 rings (SSSR count). The number of fused-ring (bicyclic) bond motifs is 1. The second kappa shape index (κ2) is 9.51. The van der Waals surface area contributed by atoms with E-state index in [-0.39, 0.29) is 35.8 Å². The molecule has 1 unspecified atom stereocenters. The first-order chi connectivity index (χ1) is 15.3. The van der Waals surface area contributed by atoms with Gasteiger partial charge in [0.2, 0.25) is 0 Å². The van der Waals surface area contributed by atoms with Crippen LogP contribution in [0.3, 0.4) is 0 Å². The largest absolute Gasteiger partial charge is 0.493 e. The number of aliphatic hydroxyl groups excluding tert-OH is 1. The molecule has 0 bridgehead atoms. The van der Waals surface area contributed by atoms with E-state index in [1.807, 2.05) is 0 Å². The summed E-state index contributed by atoms with van der Waals surface area (Å²) in [4.78, 5) is 26.8. The molecule has 0 spiro atoms. The molecule has 0 radical (unpaired) electrons. The van der Waals surface area contributed by atoms with E-state index in [0.717, 1.165) is 17.8 Å². The van der Waals surface area contributed by atoms with Crippen molar-refractivity contribution in [3.8, 4) is 5.75 Å². The van der Waals surface area contributed by atoms with E-state index in [2.05, 4.69) is 4.98 Å². The zero-order valence-corrected chi connectivity index (χ0v) is 18.7. The van der Waals surface area contributed by atoms with Gasteiger partial charge < -0.3 is 19.3 Å². The monoisotopic (exact) mass is 462 g/mol. The highest BCUT2D eigenvalue weighted by atomic mass is 32.1. The first-order valence-electron chi connectivity index (χ1n) is 10.7. The molecule has 5 atom stereocenters. The highest BCUT2D eigenvalue weighted by Gasteiger charge is 2.47. The van der Waals surface area contributed by atoms with Gasteiger partial charge in [-0.3, -0.25) is 10.1 Å². The summed E-state index contributed by atoms with van der Waals surface area (Å²) in [5.41, 5.74) is 0.304. The van der Waals surface area contributed by atoms with E-state index in [9.17, 15) is 20.0 Å². The Morgan fingerprint density at radius 2 is 2.09 bits per heavy atom. The minimum atomic E-state index is -0.547. The standard InChI is InChI=1S/C22H26N2O7S/c1-12(2)30-22(26)17-11-32-21(23-17)19-8-7-15-16(18(25)9-20(15)31-19)10-29-14-5-3-13(4-6-14)24(27)28/h3-6,11-12,15-16,18-20,25H,7-10H2,1-2H3/t15-,16?,18-,19-,20+/m1/s1. The van der Waals surface area contributed by atoms with Gasteiger partial charge >= 0.3 is 5.97 Å². The molecular weight excluding hydrogens is 436 g/mol. The lowest BCUT2D eigenvalue weighted by Crippen LogP contribution is -2.33. The lowest BCUT2D eigenvalue weighted by Gasteiger charge is -2.33. The van der Waals surface area contributed by atoms with Crippen molar-refractivity contribution in [2.75, 3.05) is 6.61 Å². The minimum absolute atomic E-state index is 0.00727. The third-order valence-electron chi connectivity index (χ3n) is 5.94. The number of nitro benzene ring substituents is 1. The summed E-state index contributed by atoms with van der Waals surface area (Å²) in [6.07, 6.45) is 1.05. The first kappa shape index (κ1) is 22.6. The molecular formula is C22H26N2O7S. The van der Waals surface area contributed by atoms with E-state index >= 15 is 0 Å². The smallest absolute Gasteiger partial charge is 0.358 e. The van der Waals surface area contributed by atoms with Crippen LogP contribution in [-0.2, 0) is 9.47 Å². The molecule has 2 aliphatic rings. The molecule has 1 aromatic heterocycles. The normalized spacial score (nSPS) is 27.2. The first-order valence-corrected chi connectivity index (χ1v) is 11.6. The van der Waals surface area contributed by atoms with Crippen LogP contribution in [0.15, 0.2) is 29.6 Å². The molecule has 1 aliphatic heterocycles. The highest BCUT2D eigenvalue weighted by molar-refractivity contribution is 7.09. The molecule has 1 N–H and O–H groups in total. The van der Waals surface area contributed by atoms with E-state index in [1.165, 1.54) is 23.5 Å². The maximum atomic E-state index is 12.1. The average Bonchev–Trinajstić information content (AvgIpc) is 3.36. The molecule has 1 aromatic carbocycles. The highest BCUT2D eigenvalue weighted by Crippen LogP contribution is 2.46. The predicted molar refractivity (Wildman–Crippen MR) is 116 cm³/mol. The zero-order chi connectivity index (χ0) is 22.8. The van der Waals surface area contributed by atoms with Crippen molar-refractivity contribution in [2.24, 2.45) is 11.8 Å². The molecule has 1 saturated heterocycles. The van der Waals surface area contributed by atoms with Crippen molar-refractivity contribution in [1.29, 1.82) is 0 Å². The maximum absolute atomic E-state index is 12.1. The van der Waals surface area contributed by atoms with Crippen molar-refractivity contribution in [1.82, 2.24) is 4.98 Å². The Kier molecular flexibility index (Phi) is 6.73. The number of nitro groups is 1. The van der Waals surface area contributed by atoms with Gasteiger partial charge in [0.25, 0.3) is 5.69 Å². The predicted octanol–water partition coefficient (Wildman–Crippen LogP) is 3.91. The zero-order valence-electron chi connectivity index (χ0n) is 17.9. The number of aliphatic hydroxyl groups is 1. The fraction of sp³-hybridized carbons (Fsp3) is 0.545. The molecule has 2 heterocycles. The number of benzene rings is 1. The molecule has 2 aromatic rings. The van der Waals surface area contributed by atoms with E-state index < -0.39 is 17.0 Å². The number of ether oxygens (including phenoxy) is 3. The summed E-state index contributed by atoms with van der Waals surface area (Å²) in [6.45, 7) is 3.90. The number of carbonyl (C=O) groups excluding carboxylic acids is 1. The van der Waals surface area contributed by atoms with Gasteiger partial charge in [-0.15, -0.1) is 11.3 Å². The number of hydrogen-bond donors (Lipinski definition) is 1. The van der Waals surface area contributed by atoms with Gasteiger partial charge in [0, 0.05) is 29.9 Å². The molecule has 172 valence electrons. The van der Waals surface area contributed by atoms with E-state index in [1.54, 1.807) is 31.4 Å². The molecule has 10 heteroatoms. The topological polar surface area (TPSA) is 121 Å². The Bertz CT molecular complexity index is 961. The number of aromatic nitrogens is 1. The third-order valence-corrected chi connectivity index (χ3v) is 6.87. The summed E-state index contributed by atoms with van der Waals surface area (Å²) in [5.74, 6) is 0.175. The SMILES string of the molecule is CC(C)OC(=O)c1csc([C@H]2CC[C@@H]3C(COc4ccc([N+](=O)[O-])cc4)[C@H](O)C[C@@H]3O2)n1. The van der Waals surface area contributed by atoms with Crippen LogP contribution in [0.25, 0.3) is 0 Å². The number of hydrogen-bond acceptors (Lipinski definition) is 9. The quantitative estimate of drug-likeness (QED) is 0.373. The maximum Gasteiger partial charge on any atom is 0.358 e. The Morgan fingerprint density at radius 1 is 1.34 bits per heavy atom. The number of carbonyl (C=O) groups is 1. The van der Waals surface area contributed by atoms with Crippen molar-refractivity contribution in [3.05, 3.63) is 50.5 Å². The lowest BCUT2D eigenvalue weighted by molar-refractivity contribution is -0.384. The van der Waals surface area contributed by atoms with Crippen molar-refractivity contribution < 1.29 is 29.0 Å². The molecule has 1 saturated carbocycles. The van der Waals surface area contributed by atoms with Crippen LogP contribution in [0.5, 0.6) is 5.75 Å². The van der Waals surface area contributed by atoms with Gasteiger partial charge in [0.15, 0.2) is 5.69 Å². The van der Waals surface area contributed by atoms with Gasteiger partial charge in [0.1, 0.15) is 16.9 Å². The van der Waals surface area contributed by atoms with Crippen molar-refractivity contribution in [2.45, 2.75) is 57.5 Å². The van der Waals surface area contributed by atoms with Crippen LogP contribution in [0.2, 0.25) is 0 Å². The number of thiazole rings is 1. The van der Waals surface area contributed by atoms with Crippen LogP contribution in [-0.4, -0.2) is 45.9 Å². The third kappa shape index (κ3) is 4.92. The molecule has 9 nitrogen and oxygen atoms in total. The molecule has 0 amide bonds. The summed E-state index contributed by atoms with van der Waals surface area (Å²) in [5, 5.41) is 23.8. The summed E-state index contributed by atoms with van der Waals surface area (Å²) >= 11 is 1.39. The van der Waals surface area contributed by atoms with Crippen molar-refractivity contribution >= 4 is 23.0 Å². The number of non-ortho nitro benzene ring substituents is 1. The van der Waals surface area contributed by atoms with Gasteiger partial charge in [-0.25, -0.2) is 9.78 Å². The number of nitrogens with zero attached hydrogens (tertiary/aromatic N) is 2. The summed E-state index contributed by atoms with van der Waals surface area (Å²) in [7, 11) is 0. The van der Waals surface area contributed by atoms with Gasteiger partial charge in [-0.05, 0) is 44.7 Å². The van der Waals surface area contributed by atoms with Crippen LogP contribution < -0.4 is 4.74 Å². The molecule has 1 aliphatic carbocycles. The molecule has 2 fully saturated rings. The van der Waals surface area contributed by atoms with Gasteiger partial charge in [0.05, 0.1) is 29.8 Å². The minimum Gasteiger partial charge on any atom is -0.493 e. The van der Waals surface area contributed by atoms with Gasteiger partial charge in [-0.2, -0.15) is 0 Å². The fourth-order valence-corrected chi connectivity index (χ4v) is 5.26. The Hall–Kier alpha value is -2.56. The molecule has 32 heavy (non-hydrogen) atoms. The van der Waals surface area contributed by atoms with Crippen LogP contribution in [0.1, 0.15) is 54.7 Å². The van der Waals surface area contributed by atoms with Crippen LogP contribution in [0.4, 0.5) is 5.69 Å². The second-order valence-corrected chi connectivity index (χ2v) is 9.35. The lowest BCUT2D eigenvalue weighted by atomic mass is 9.87. The van der Waals surface area contributed by atoms with Gasteiger partial charge in [-0.1, -0.05) is 0 Å². The number of rotatable bonds is 7. The summed E-state index contributed by atoms with van der Waals surface area (Å²) in [6, 6.07) is 5.93. The Balaban J connectivity index is 1.34. The van der Waals surface area contributed by atoms with E-state index in [0.29, 0.717) is 24.5 Å². The van der Waals surface area contributed by atoms with Crippen molar-refractivity contribution in [3.63, 3.8) is 0 Å². The van der Waals surface area contributed by atoms with Crippen LogP contribution in [0, 0.1) is 22.0 Å². The second-order valence-electron chi connectivity index (χ2n) is 8.46. The number of esters is 1. The summed E-state index contributed by atoms with van der Waals surface area (Å²) < 4.78 is 17.3. The Labute approximate surface area is 189 Å².